The van der Waals surface area contributed by atoms with Crippen LogP contribution in [0.3, 0.4) is 0 Å². The Hall–Kier alpha value is -0.410. The highest BCUT2D eigenvalue weighted by Gasteiger charge is 2.56. The fourth-order valence-corrected chi connectivity index (χ4v) is 4.89. The zero-order valence-electron chi connectivity index (χ0n) is 14.2. The Morgan fingerprint density at radius 2 is 1.85 bits per heavy atom. The van der Waals surface area contributed by atoms with Crippen molar-refractivity contribution in [3.05, 3.63) is 0 Å². The van der Waals surface area contributed by atoms with Crippen LogP contribution in [0.2, 0.25) is 0 Å². The average molecular weight is 400 g/mol. The first-order valence-corrected chi connectivity index (χ1v) is 9.73. The van der Waals surface area contributed by atoms with E-state index >= 15 is 0 Å². The van der Waals surface area contributed by atoms with Gasteiger partial charge < -0.3 is 39.0 Å². The summed E-state index contributed by atoms with van der Waals surface area (Å²) < 4.78 is 59.9. The van der Waals surface area contributed by atoms with E-state index in [2.05, 4.69) is 0 Å². The molecule has 0 aromatic rings. The van der Waals surface area contributed by atoms with Crippen LogP contribution >= 0.6 is 0 Å². The van der Waals surface area contributed by atoms with Gasteiger partial charge in [0, 0.05) is 7.11 Å². The van der Waals surface area contributed by atoms with E-state index in [1.165, 1.54) is 0 Å². The van der Waals surface area contributed by atoms with Crippen LogP contribution in [0, 0.1) is 0 Å². The lowest BCUT2D eigenvalue weighted by Gasteiger charge is -2.44. The number of fused-ring (bicyclic) bond motifs is 2. The van der Waals surface area contributed by atoms with Gasteiger partial charge in [0.15, 0.2) is 6.29 Å². The van der Waals surface area contributed by atoms with Crippen LogP contribution in [-0.2, 0) is 33.8 Å². The minimum absolute atomic E-state index is 0.185. The first kappa shape index (κ1) is 20.3. The molecule has 3 heterocycles. The Balaban J connectivity index is 1.79. The highest BCUT2D eigenvalue weighted by Crippen LogP contribution is 2.35. The molecule has 4 N–H and O–H groups in total. The topological polar surface area (TPSA) is 161 Å². The van der Waals surface area contributed by atoms with E-state index in [4.69, 9.17) is 23.7 Å². The van der Waals surface area contributed by atoms with Crippen LogP contribution in [0.15, 0.2) is 0 Å². The molecular formula is C14H24O11S. The predicted octanol–water partition coefficient (Wildman–Crippen LogP) is -2.73. The van der Waals surface area contributed by atoms with Crippen LogP contribution in [0.25, 0.3) is 0 Å². The maximum Gasteiger partial charge on any atom is 0.273 e. The van der Waals surface area contributed by atoms with Gasteiger partial charge in [0.1, 0.15) is 48.0 Å². The molecule has 0 aromatic carbocycles. The lowest BCUT2D eigenvalue weighted by molar-refractivity contribution is -0.308. The lowest BCUT2D eigenvalue weighted by atomic mass is 9.97. The second-order valence-corrected chi connectivity index (χ2v) is 8.24. The molecule has 26 heavy (non-hydrogen) atoms. The third-order valence-electron chi connectivity index (χ3n) is 5.05. The van der Waals surface area contributed by atoms with Gasteiger partial charge >= 0.3 is 0 Å². The Labute approximate surface area is 150 Å². The van der Waals surface area contributed by atoms with Crippen molar-refractivity contribution < 1.29 is 52.0 Å². The fourth-order valence-electron chi connectivity index (χ4n) is 3.75. The van der Waals surface area contributed by atoms with Gasteiger partial charge in [-0.15, -0.1) is 0 Å². The van der Waals surface area contributed by atoms with Gasteiger partial charge in [0.25, 0.3) is 10.1 Å². The largest absolute Gasteiger partial charge is 0.394 e. The molecule has 152 valence electrons. The van der Waals surface area contributed by atoms with Crippen molar-refractivity contribution in [1.29, 1.82) is 0 Å². The van der Waals surface area contributed by atoms with Crippen LogP contribution in [0.1, 0.15) is 6.92 Å². The normalized spacial score (nSPS) is 49.3. The average Bonchev–Trinajstić information content (AvgIpc) is 2.89. The number of hydrogen-bond donors (Lipinski definition) is 4. The molecule has 4 unspecified atom stereocenters. The van der Waals surface area contributed by atoms with E-state index in [-0.39, 0.29) is 6.61 Å². The van der Waals surface area contributed by atoms with Gasteiger partial charge in [0.2, 0.25) is 0 Å². The maximum absolute atomic E-state index is 11.6. The standard InChI is InChI=1S/C14H24O11S/c1-5-8(16)11-10(7(23-5)4-22-11)25-14-9(17)12(21-2)13(26(18,19)20)6(3-15)24-14/h5-17H,3-4H2,1-2H3,(H,18,19,20)/t5-,6?,7?,8?,9?,10-,11-,12+,13-,14-/m0/s1. The molecule has 0 aliphatic carbocycles. The molecule has 11 nitrogen and oxygen atoms in total. The number of ether oxygens (including phenoxy) is 5. The summed E-state index contributed by atoms with van der Waals surface area (Å²) in [4.78, 5) is 0. The van der Waals surface area contributed by atoms with E-state index in [0.717, 1.165) is 7.11 Å². The number of aliphatic hydroxyl groups is 3. The quantitative estimate of drug-likeness (QED) is 0.355. The van der Waals surface area contributed by atoms with Crippen molar-refractivity contribution in [3.8, 4) is 0 Å². The summed E-state index contributed by atoms with van der Waals surface area (Å²) in [6, 6.07) is 0. The van der Waals surface area contributed by atoms with Gasteiger partial charge in [-0.1, -0.05) is 0 Å². The number of hydrogen-bond acceptors (Lipinski definition) is 10. The fraction of sp³-hybridized carbons (Fsp3) is 1.00. The molecule has 3 aliphatic rings. The number of methoxy groups -OCH3 is 1. The monoisotopic (exact) mass is 400 g/mol. The zero-order chi connectivity index (χ0) is 19.2. The Morgan fingerprint density at radius 3 is 2.42 bits per heavy atom. The van der Waals surface area contributed by atoms with Gasteiger partial charge in [0.05, 0.1) is 19.3 Å². The summed E-state index contributed by atoms with van der Waals surface area (Å²) in [6.45, 7) is 1.13. The van der Waals surface area contributed by atoms with Gasteiger partial charge in [-0.25, -0.2) is 0 Å². The SMILES string of the molecule is CO[C@@H]1C(O)[C@H](O[C@H]2C3CO[C@H]2C(O)[C@H](C)O3)OC(CO)[C@@H]1S(=O)(=O)O. The van der Waals surface area contributed by atoms with E-state index in [1.54, 1.807) is 6.92 Å². The van der Waals surface area contributed by atoms with Crippen molar-refractivity contribution in [2.24, 2.45) is 0 Å². The Kier molecular flexibility index (Phi) is 5.90. The number of rotatable bonds is 5. The van der Waals surface area contributed by atoms with Crippen molar-refractivity contribution >= 4 is 10.1 Å². The molecule has 0 spiro atoms. The number of aliphatic hydroxyl groups excluding tert-OH is 3. The third kappa shape index (κ3) is 3.51. The summed E-state index contributed by atoms with van der Waals surface area (Å²) in [5.41, 5.74) is 0. The second-order valence-electron chi connectivity index (χ2n) is 6.66. The zero-order valence-corrected chi connectivity index (χ0v) is 15.1. The minimum atomic E-state index is -4.68. The van der Waals surface area contributed by atoms with Crippen molar-refractivity contribution in [1.82, 2.24) is 0 Å². The van der Waals surface area contributed by atoms with Gasteiger partial charge in [-0.05, 0) is 6.92 Å². The summed E-state index contributed by atoms with van der Waals surface area (Å²) in [6.07, 6.45) is -9.10. The molecule has 3 aliphatic heterocycles. The van der Waals surface area contributed by atoms with E-state index in [9.17, 15) is 28.3 Å². The molecular weight excluding hydrogens is 376 g/mol. The lowest BCUT2D eigenvalue weighted by Crippen LogP contribution is -2.64. The summed E-state index contributed by atoms with van der Waals surface area (Å²) >= 11 is 0. The van der Waals surface area contributed by atoms with Crippen LogP contribution in [-0.4, -0.2) is 109 Å². The molecule has 12 heteroatoms. The highest BCUT2D eigenvalue weighted by molar-refractivity contribution is 7.86. The molecule has 0 radical (unpaired) electrons. The molecule has 0 saturated carbocycles. The Morgan fingerprint density at radius 1 is 1.15 bits per heavy atom. The minimum Gasteiger partial charge on any atom is -0.394 e. The maximum atomic E-state index is 11.6. The van der Waals surface area contributed by atoms with Crippen LogP contribution in [0.4, 0.5) is 0 Å². The molecule has 3 saturated heterocycles. The first-order chi connectivity index (χ1) is 12.2. The van der Waals surface area contributed by atoms with Gasteiger partial charge in [-0.2, -0.15) is 8.42 Å². The second kappa shape index (κ2) is 7.54. The molecule has 3 rings (SSSR count). The molecule has 10 atom stereocenters. The highest BCUT2D eigenvalue weighted by atomic mass is 32.2. The van der Waals surface area contributed by atoms with E-state index < -0.39 is 77.1 Å². The van der Waals surface area contributed by atoms with Crippen molar-refractivity contribution in [3.63, 3.8) is 0 Å². The molecule has 3 fully saturated rings. The summed E-state index contributed by atoms with van der Waals surface area (Å²) in [5, 5.41) is 28.4. The predicted molar refractivity (Wildman–Crippen MR) is 82.8 cm³/mol. The first-order valence-electron chi connectivity index (χ1n) is 8.23. The molecule has 0 amide bonds. The van der Waals surface area contributed by atoms with E-state index in [0.29, 0.717) is 0 Å². The van der Waals surface area contributed by atoms with Crippen LogP contribution < -0.4 is 0 Å². The third-order valence-corrected chi connectivity index (χ3v) is 6.31. The van der Waals surface area contributed by atoms with Crippen molar-refractivity contribution in [2.75, 3.05) is 20.3 Å². The van der Waals surface area contributed by atoms with Crippen molar-refractivity contribution in [2.45, 2.75) is 67.3 Å². The van der Waals surface area contributed by atoms with Crippen LogP contribution in [0.5, 0.6) is 0 Å². The molecule has 2 bridgehead atoms. The van der Waals surface area contributed by atoms with E-state index in [1.807, 2.05) is 0 Å². The van der Waals surface area contributed by atoms with Gasteiger partial charge in [-0.3, -0.25) is 4.55 Å². The molecule has 0 aromatic heterocycles. The summed E-state index contributed by atoms with van der Waals surface area (Å²) in [7, 11) is -3.52. The summed E-state index contributed by atoms with van der Waals surface area (Å²) in [5.74, 6) is 0. The smallest absolute Gasteiger partial charge is 0.273 e. The Bertz CT molecular complexity index is 598.